The van der Waals surface area contributed by atoms with E-state index >= 15 is 0 Å². The normalized spacial score (nSPS) is 18.7. The van der Waals surface area contributed by atoms with E-state index in [-0.39, 0.29) is 35.9 Å². The van der Waals surface area contributed by atoms with E-state index in [1.165, 1.54) is 12.7 Å². The Bertz CT molecular complexity index is 700. The highest BCUT2D eigenvalue weighted by Crippen LogP contribution is 2.19. The van der Waals surface area contributed by atoms with Crippen LogP contribution < -0.4 is 10.2 Å². The van der Waals surface area contributed by atoms with Crippen LogP contribution in [0.25, 0.3) is 0 Å². The molecule has 0 saturated carbocycles. The van der Waals surface area contributed by atoms with Crippen molar-refractivity contribution in [3.8, 4) is 0 Å². The maximum atomic E-state index is 11.7. The summed E-state index contributed by atoms with van der Waals surface area (Å²) in [6.45, 7) is 9.87. The standard InChI is InChI=1S/C21H34N6O2.HI/c1-4-25-11-13-26(14-12-25)19-15-17(5-8-23-19)16-24-21(22-2)27-9-6-18(7-10-27)20(28)29-3;/h5,8,15,18H,4,6-7,9-14,16H2,1-3H3,(H,22,24);1H. The first-order chi connectivity index (χ1) is 14.1. The van der Waals surface area contributed by atoms with Crippen molar-refractivity contribution >= 4 is 41.7 Å². The molecule has 0 bridgehead atoms. The third kappa shape index (κ3) is 6.44. The van der Waals surface area contributed by atoms with Crippen molar-refractivity contribution in [3.05, 3.63) is 23.9 Å². The fourth-order valence-electron chi connectivity index (χ4n) is 4.04. The maximum Gasteiger partial charge on any atom is 0.308 e. The van der Waals surface area contributed by atoms with Gasteiger partial charge in [0, 0.05) is 59.1 Å². The molecular formula is C21H35IN6O2. The van der Waals surface area contributed by atoms with Crippen LogP contribution in [0.5, 0.6) is 0 Å². The number of piperidine rings is 1. The number of piperazine rings is 1. The Kier molecular flexibility index (Phi) is 10.1. The summed E-state index contributed by atoms with van der Waals surface area (Å²) < 4.78 is 4.87. The van der Waals surface area contributed by atoms with Crippen LogP contribution in [0.1, 0.15) is 25.3 Å². The highest BCUT2D eigenvalue weighted by Gasteiger charge is 2.27. The first-order valence-corrected chi connectivity index (χ1v) is 10.6. The summed E-state index contributed by atoms with van der Waals surface area (Å²) in [6.07, 6.45) is 3.50. The maximum absolute atomic E-state index is 11.7. The smallest absolute Gasteiger partial charge is 0.308 e. The summed E-state index contributed by atoms with van der Waals surface area (Å²) in [7, 11) is 3.27. The van der Waals surface area contributed by atoms with Crippen LogP contribution in [0, 0.1) is 5.92 Å². The molecule has 3 heterocycles. The van der Waals surface area contributed by atoms with Crippen molar-refractivity contribution in [2.45, 2.75) is 26.3 Å². The van der Waals surface area contributed by atoms with E-state index in [9.17, 15) is 4.79 Å². The van der Waals surface area contributed by atoms with Gasteiger partial charge in [-0.05, 0) is 37.1 Å². The van der Waals surface area contributed by atoms with Gasteiger partial charge in [-0.1, -0.05) is 6.92 Å². The molecule has 0 radical (unpaired) electrons. The van der Waals surface area contributed by atoms with Crippen LogP contribution in [-0.2, 0) is 16.1 Å². The molecule has 0 aliphatic carbocycles. The van der Waals surface area contributed by atoms with E-state index in [0.29, 0.717) is 6.54 Å². The number of pyridine rings is 1. The third-order valence-corrected chi connectivity index (χ3v) is 5.94. The topological polar surface area (TPSA) is 73.3 Å². The van der Waals surface area contributed by atoms with Crippen molar-refractivity contribution in [3.63, 3.8) is 0 Å². The number of likely N-dealkylation sites (tertiary alicyclic amines) is 1. The minimum atomic E-state index is -0.100. The monoisotopic (exact) mass is 530 g/mol. The molecule has 0 atom stereocenters. The fourth-order valence-corrected chi connectivity index (χ4v) is 4.04. The fraction of sp³-hybridized carbons (Fsp3) is 0.667. The van der Waals surface area contributed by atoms with Crippen LogP contribution in [-0.4, -0.2) is 86.7 Å². The molecule has 168 valence electrons. The number of hydrogen-bond acceptors (Lipinski definition) is 6. The molecule has 30 heavy (non-hydrogen) atoms. The van der Waals surface area contributed by atoms with Crippen LogP contribution in [0.2, 0.25) is 0 Å². The molecule has 3 rings (SSSR count). The molecule has 0 amide bonds. The zero-order valence-corrected chi connectivity index (χ0v) is 20.7. The molecular weight excluding hydrogens is 495 g/mol. The molecule has 1 N–H and O–H groups in total. The van der Waals surface area contributed by atoms with Gasteiger partial charge in [0.15, 0.2) is 5.96 Å². The Labute approximate surface area is 197 Å². The van der Waals surface area contributed by atoms with E-state index in [1.807, 2.05) is 6.20 Å². The number of guanidine groups is 1. The minimum Gasteiger partial charge on any atom is -0.469 e. The number of esters is 1. The summed E-state index contributed by atoms with van der Waals surface area (Å²) in [4.78, 5) is 27.8. The number of hydrogen-bond donors (Lipinski definition) is 1. The quantitative estimate of drug-likeness (QED) is 0.270. The Morgan fingerprint density at radius 3 is 2.53 bits per heavy atom. The number of anilines is 1. The number of methoxy groups -OCH3 is 1. The third-order valence-electron chi connectivity index (χ3n) is 5.94. The number of likely N-dealkylation sites (N-methyl/N-ethyl adjacent to an activating group) is 1. The average Bonchev–Trinajstić information content (AvgIpc) is 2.79. The Morgan fingerprint density at radius 1 is 1.23 bits per heavy atom. The van der Waals surface area contributed by atoms with Crippen LogP contribution >= 0.6 is 24.0 Å². The first kappa shape index (κ1) is 24.6. The number of nitrogens with zero attached hydrogens (tertiary/aromatic N) is 5. The lowest BCUT2D eigenvalue weighted by Gasteiger charge is -2.35. The summed E-state index contributed by atoms with van der Waals surface area (Å²) >= 11 is 0. The molecule has 2 aliphatic heterocycles. The average molecular weight is 530 g/mol. The lowest BCUT2D eigenvalue weighted by molar-refractivity contribution is -0.146. The molecule has 1 aromatic rings. The number of rotatable bonds is 5. The van der Waals surface area contributed by atoms with Gasteiger partial charge in [0.25, 0.3) is 0 Å². The van der Waals surface area contributed by atoms with Gasteiger partial charge in [0.05, 0.1) is 13.0 Å². The Hall–Kier alpha value is -1.62. The van der Waals surface area contributed by atoms with Crippen molar-refractivity contribution < 1.29 is 9.53 Å². The predicted octanol–water partition coefficient (Wildman–Crippen LogP) is 1.80. The SMILES string of the molecule is CCN1CCN(c2cc(CNC(=NC)N3CCC(C(=O)OC)CC3)ccn2)CC1.I. The van der Waals surface area contributed by atoms with Gasteiger partial charge in [0.2, 0.25) is 0 Å². The van der Waals surface area contributed by atoms with Crippen LogP contribution in [0.3, 0.4) is 0 Å². The highest BCUT2D eigenvalue weighted by atomic mass is 127. The molecule has 0 aromatic carbocycles. The Morgan fingerprint density at radius 2 is 1.93 bits per heavy atom. The van der Waals surface area contributed by atoms with Crippen molar-refractivity contribution in [2.75, 3.05) is 64.9 Å². The zero-order valence-electron chi connectivity index (χ0n) is 18.3. The number of aliphatic imine (C=N–C) groups is 1. The summed E-state index contributed by atoms with van der Waals surface area (Å²) in [5.74, 6) is 1.83. The summed E-state index contributed by atoms with van der Waals surface area (Å²) in [5, 5.41) is 3.47. The number of nitrogens with one attached hydrogen (secondary N) is 1. The molecule has 2 aliphatic rings. The van der Waals surface area contributed by atoms with E-state index in [4.69, 9.17) is 4.74 Å². The van der Waals surface area contributed by atoms with Crippen molar-refractivity contribution in [1.29, 1.82) is 0 Å². The lowest BCUT2D eigenvalue weighted by atomic mass is 9.97. The van der Waals surface area contributed by atoms with Crippen LogP contribution in [0.15, 0.2) is 23.3 Å². The van der Waals surface area contributed by atoms with Gasteiger partial charge < -0.3 is 24.8 Å². The molecule has 2 saturated heterocycles. The predicted molar refractivity (Wildman–Crippen MR) is 130 cm³/mol. The zero-order chi connectivity index (χ0) is 20.6. The minimum absolute atomic E-state index is 0. The number of carbonyl (C=O) groups is 1. The van der Waals surface area contributed by atoms with Crippen LogP contribution in [0.4, 0.5) is 5.82 Å². The Balaban J connectivity index is 0.00000320. The first-order valence-electron chi connectivity index (χ1n) is 10.6. The molecule has 2 fully saturated rings. The van der Waals surface area contributed by atoms with Gasteiger partial charge >= 0.3 is 5.97 Å². The number of aromatic nitrogens is 1. The second kappa shape index (κ2) is 12.3. The summed E-state index contributed by atoms with van der Waals surface area (Å²) in [5.41, 5.74) is 1.19. The number of carbonyl (C=O) groups excluding carboxylic acids is 1. The second-order valence-electron chi connectivity index (χ2n) is 7.63. The van der Waals surface area contributed by atoms with Gasteiger partial charge in [-0.15, -0.1) is 24.0 Å². The van der Waals surface area contributed by atoms with Gasteiger partial charge in [0.1, 0.15) is 5.82 Å². The van der Waals surface area contributed by atoms with Gasteiger partial charge in [-0.25, -0.2) is 4.98 Å². The molecule has 1 aromatic heterocycles. The van der Waals surface area contributed by atoms with Crippen molar-refractivity contribution in [1.82, 2.24) is 20.1 Å². The largest absolute Gasteiger partial charge is 0.469 e. The van der Waals surface area contributed by atoms with E-state index < -0.39 is 0 Å². The van der Waals surface area contributed by atoms with E-state index in [2.05, 4.69) is 49.0 Å². The second-order valence-corrected chi connectivity index (χ2v) is 7.63. The summed E-state index contributed by atoms with van der Waals surface area (Å²) in [6, 6.07) is 4.22. The molecule has 0 spiro atoms. The molecule has 9 heteroatoms. The van der Waals surface area contributed by atoms with E-state index in [0.717, 1.165) is 70.4 Å². The highest BCUT2D eigenvalue weighted by molar-refractivity contribution is 14.0. The van der Waals surface area contributed by atoms with Gasteiger partial charge in [-0.3, -0.25) is 9.79 Å². The number of ether oxygens (including phenoxy) is 1. The van der Waals surface area contributed by atoms with Gasteiger partial charge in [-0.2, -0.15) is 0 Å². The molecule has 0 unspecified atom stereocenters. The van der Waals surface area contributed by atoms with E-state index in [1.54, 1.807) is 7.05 Å². The number of halogens is 1. The lowest BCUT2D eigenvalue weighted by Crippen LogP contribution is -2.46. The molecule has 8 nitrogen and oxygen atoms in total. The van der Waals surface area contributed by atoms with Crippen molar-refractivity contribution in [2.24, 2.45) is 10.9 Å².